The van der Waals surface area contributed by atoms with Gasteiger partial charge in [-0.05, 0) is 100 Å². The van der Waals surface area contributed by atoms with Crippen LogP contribution in [0.1, 0.15) is 114 Å². The standard InChI is InChI=1S/2C8H8N4O2S.2C8H8N2O2S.2C6H4N2O2S.2C4H7N3O2.2C4H3NOS.2Na.2H2O/c1-2-14-8(13)7(11-12-9)3-6-4-15-5-10-6;1-2-14-8(13)7(11-12-9)3-6-4-10-5-15-6;1-2-12-8(11)5-3-6-7(10-5)9-4-13-6;1-2-12-8(11)6-3-5-7(10-6)13-4-9-5;9-6(10)3-1-4-5(8-3)7-2-11-4;9-6(10)4-1-3-5(8-4)11-2-7-3;2*1-2-9-4(8)3-6-7-5;6-1-4-2-7-3-5-4;6-2-4-1-5-3-7-4;;;;/h2*3-5H,2H2,1H3;2*3-4,10H,2H2,1H3;2*1-2,8H,(H,9,10);2*2-3H2,1H3;2*1-3H;;;2*1H2/q;;;;;;;;;;2*+1;;/p-2/b2*7-3-;;;;;;;;;;;;. The minimum absolute atomic E-state index is 0. The molecule has 114 heavy (non-hydrogen) atoms. The number of hydrogen-bond acceptors (Lipinski definition) is 38. The minimum atomic E-state index is -0.949. The fourth-order valence-electron chi connectivity index (χ4n) is 6.64. The molecule has 8 N–H and O–H groups in total. The van der Waals surface area contributed by atoms with Gasteiger partial charge in [-0.15, -0.1) is 90.7 Å². The molecular formula is C60H62N24Na2O20S8. The normalized spacial score (nSPS) is 9.49. The molecule has 0 amide bonds. The Kier molecular flexibility index (Phi) is 57.5. The molecule has 0 saturated heterocycles. The number of esters is 6. The van der Waals surface area contributed by atoms with Crippen molar-refractivity contribution in [3.63, 3.8) is 0 Å². The van der Waals surface area contributed by atoms with Gasteiger partial charge in [0.25, 0.3) is 0 Å². The van der Waals surface area contributed by atoms with Crippen LogP contribution in [-0.2, 0) is 47.6 Å². The number of thiazole rings is 8. The zero-order valence-corrected chi connectivity index (χ0v) is 71.3. The fourth-order valence-corrected chi connectivity index (χ4v) is 11.3. The molecule has 0 radical (unpaired) electrons. The second-order valence-corrected chi connectivity index (χ2v) is 24.9. The number of aldehydes is 2. The molecule has 0 bridgehead atoms. The Morgan fingerprint density at radius 1 is 0.447 bits per heavy atom. The van der Waals surface area contributed by atoms with E-state index in [1.54, 1.807) is 121 Å². The summed E-state index contributed by atoms with van der Waals surface area (Å²) in [5.74, 6) is -4.82. The summed E-state index contributed by atoms with van der Waals surface area (Å²) in [6.07, 6.45) is 7.45. The van der Waals surface area contributed by atoms with Gasteiger partial charge >= 0.3 is 107 Å². The van der Waals surface area contributed by atoms with Gasteiger partial charge < -0.3 is 69.5 Å². The van der Waals surface area contributed by atoms with Crippen LogP contribution in [0.25, 0.3) is 95.3 Å². The Bertz CT molecular complexity index is 4680. The number of rotatable bonds is 22. The Balaban J connectivity index is 0. The molecule has 0 aliphatic rings. The minimum Gasteiger partial charge on any atom is -0.870 e. The summed E-state index contributed by atoms with van der Waals surface area (Å²) in [5, 5.41) is 33.0. The molecule has 0 aliphatic carbocycles. The summed E-state index contributed by atoms with van der Waals surface area (Å²) in [4.78, 5) is 161. The Morgan fingerprint density at radius 3 is 1.20 bits per heavy atom. The SMILES string of the molecule is CCOC(=O)/C(=C/c1cncs1)N=[N+]=[N-].CCOC(=O)/C(=C/c1cscn1)N=[N+]=[N-].CCOC(=O)CN=[N+]=[N-].CCOC(=O)CN=[N+]=[N-].CCOC(=O)c1cc2ncsc2[nH]1.CCOC(=O)c1cc2scnc2[nH]1.O=C(O)c1cc2ncsc2[nH]1.O=C(O)c1cc2scnc2[nH]1.O=Cc1cncs1.O=Cc1cscn1.[Na+].[Na+].[OH-].[OH-]. The van der Waals surface area contributed by atoms with E-state index in [0.717, 1.165) is 47.7 Å². The van der Waals surface area contributed by atoms with Gasteiger partial charge in [0.2, 0.25) is 0 Å². The van der Waals surface area contributed by atoms with Gasteiger partial charge in [-0.25, -0.2) is 58.7 Å². The number of carbonyl (C=O) groups excluding carboxylic acids is 8. The van der Waals surface area contributed by atoms with E-state index >= 15 is 0 Å². The second kappa shape index (κ2) is 62.5. The molecule has 0 aromatic carbocycles. The summed E-state index contributed by atoms with van der Waals surface area (Å²) in [7, 11) is 0. The summed E-state index contributed by atoms with van der Waals surface area (Å²) in [5.41, 5.74) is 50.5. The summed E-state index contributed by atoms with van der Waals surface area (Å²) < 4.78 is 29.8. The molecule has 12 aromatic rings. The smallest absolute Gasteiger partial charge is 0.870 e. The van der Waals surface area contributed by atoms with Crippen LogP contribution < -0.4 is 59.1 Å². The van der Waals surface area contributed by atoms with E-state index in [2.05, 4.69) is 109 Å². The molecule has 0 atom stereocenters. The van der Waals surface area contributed by atoms with Crippen LogP contribution in [0, 0.1) is 0 Å². The largest absolute Gasteiger partial charge is 1.00 e. The molecular weight excluding hydrogens is 1680 g/mol. The molecule has 592 valence electrons. The average molecular weight is 1740 g/mol. The van der Waals surface area contributed by atoms with Gasteiger partial charge in [-0.3, -0.25) is 29.1 Å². The van der Waals surface area contributed by atoms with Gasteiger partial charge in [0.05, 0.1) is 104 Å². The molecule has 0 spiro atoms. The van der Waals surface area contributed by atoms with Crippen molar-refractivity contribution in [1.29, 1.82) is 0 Å². The van der Waals surface area contributed by atoms with Crippen LogP contribution in [0.3, 0.4) is 0 Å². The predicted octanol–water partition coefficient (Wildman–Crippen LogP) is 8.25. The third-order valence-corrected chi connectivity index (χ3v) is 16.7. The number of aromatic carboxylic acids is 2. The van der Waals surface area contributed by atoms with Crippen molar-refractivity contribution in [2.24, 2.45) is 20.5 Å². The molecule has 12 heterocycles. The predicted molar refractivity (Wildman–Crippen MR) is 414 cm³/mol. The first-order valence-electron chi connectivity index (χ1n) is 30.3. The van der Waals surface area contributed by atoms with E-state index < -0.39 is 35.8 Å². The third kappa shape index (κ3) is 40.9. The van der Waals surface area contributed by atoms with E-state index in [4.69, 9.17) is 51.3 Å². The number of nitrogens with zero attached hydrogens (tertiary/aromatic N) is 20. The number of hydrogen-bond donors (Lipinski definition) is 6. The monoisotopic (exact) mass is 1740 g/mol. The van der Waals surface area contributed by atoms with Crippen LogP contribution >= 0.6 is 90.7 Å². The molecule has 12 aromatic heterocycles. The van der Waals surface area contributed by atoms with E-state index in [-0.39, 0.29) is 131 Å². The summed E-state index contributed by atoms with van der Waals surface area (Å²) in [6, 6.07) is 6.55. The van der Waals surface area contributed by atoms with Gasteiger partial charge in [0.1, 0.15) is 84.9 Å². The quantitative estimate of drug-likeness (QED) is 0.00543. The van der Waals surface area contributed by atoms with E-state index in [1.807, 2.05) is 0 Å². The van der Waals surface area contributed by atoms with Crippen molar-refractivity contribution in [2.45, 2.75) is 41.5 Å². The van der Waals surface area contributed by atoms with Crippen molar-refractivity contribution in [1.82, 2.24) is 59.8 Å². The molecule has 44 nitrogen and oxygen atoms in total. The Morgan fingerprint density at radius 2 is 0.842 bits per heavy atom. The maximum absolute atomic E-state index is 11.3. The Hall–Kier alpha value is -11.1. The molecule has 0 saturated carbocycles. The average Bonchev–Trinajstić information content (AvgIpc) is 1.71. The first-order valence-corrected chi connectivity index (χ1v) is 37.5. The zero-order chi connectivity index (χ0) is 80.9. The van der Waals surface area contributed by atoms with Crippen LogP contribution in [0.15, 0.2) is 123 Å². The van der Waals surface area contributed by atoms with E-state index in [9.17, 15) is 47.9 Å². The zero-order valence-electron chi connectivity index (χ0n) is 60.7. The first kappa shape index (κ1) is 105. The maximum Gasteiger partial charge on any atom is 1.00 e. The number of aromatic nitrogens is 12. The van der Waals surface area contributed by atoms with Crippen molar-refractivity contribution in [3.8, 4) is 0 Å². The van der Waals surface area contributed by atoms with Crippen molar-refractivity contribution < 1.29 is 157 Å². The maximum atomic E-state index is 11.3. The number of carbonyl (C=O) groups is 10. The molecule has 0 unspecified atom stereocenters. The van der Waals surface area contributed by atoms with Gasteiger partial charge in [-0.1, -0.05) is 20.5 Å². The molecule has 54 heteroatoms. The van der Waals surface area contributed by atoms with E-state index in [0.29, 0.717) is 65.2 Å². The van der Waals surface area contributed by atoms with Gasteiger partial charge in [0, 0.05) is 47.7 Å². The third-order valence-electron chi connectivity index (χ3n) is 11.0. The number of azide groups is 4. The summed E-state index contributed by atoms with van der Waals surface area (Å²) >= 11 is 11.3. The fraction of sp³-hybridized carbons (Fsp3) is 0.233. The van der Waals surface area contributed by atoms with Crippen LogP contribution in [0.4, 0.5) is 0 Å². The van der Waals surface area contributed by atoms with Gasteiger partial charge in [-0.2, -0.15) is 0 Å². The number of aromatic amines is 4. The number of ether oxygens (including phenoxy) is 6. The van der Waals surface area contributed by atoms with Crippen molar-refractivity contribution in [2.75, 3.05) is 52.7 Å². The van der Waals surface area contributed by atoms with Crippen LogP contribution in [0.2, 0.25) is 0 Å². The number of H-pyrrole nitrogens is 4. The van der Waals surface area contributed by atoms with Crippen molar-refractivity contribution >= 4 is 205 Å². The summed E-state index contributed by atoms with van der Waals surface area (Å²) in [6.45, 7) is 11.7. The second-order valence-electron chi connectivity index (χ2n) is 18.2. The first-order chi connectivity index (χ1) is 53.2. The number of fused-ring (bicyclic) bond motifs is 4. The van der Waals surface area contributed by atoms with Crippen molar-refractivity contribution in [3.05, 3.63) is 189 Å². The Labute approximate surface area is 717 Å². The molecule has 0 fully saturated rings. The molecule has 12 rings (SSSR count). The topological polar surface area (TPSA) is 688 Å². The number of carboxylic acid groups (broad SMARTS) is 2. The van der Waals surface area contributed by atoms with Gasteiger partial charge in [0.15, 0.2) is 12.6 Å². The van der Waals surface area contributed by atoms with Crippen LogP contribution in [0.5, 0.6) is 0 Å². The molecule has 0 aliphatic heterocycles. The van der Waals surface area contributed by atoms with Crippen LogP contribution in [-0.4, -0.2) is 194 Å². The van der Waals surface area contributed by atoms with E-state index in [1.165, 1.54) is 115 Å². The number of nitrogens with one attached hydrogen (secondary N) is 4. The number of carboxylic acids is 2.